The van der Waals surface area contributed by atoms with Crippen molar-refractivity contribution in [2.75, 3.05) is 44.7 Å². The second-order valence-corrected chi connectivity index (χ2v) is 7.68. The van der Waals surface area contributed by atoms with E-state index < -0.39 is 10.2 Å². The third-order valence-electron chi connectivity index (χ3n) is 3.41. The average molecular weight is 279 g/mol. The predicted molar refractivity (Wildman–Crippen MR) is 71.5 cm³/mol. The zero-order chi connectivity index (χ0) is 12.3. The zero-order valence-corrected chi connectivity index (χ0v) is 11.9. The summed E-state index contributed by atoms with van der Waals surface area (Å²) in [5.41, 5.74) is 0. The number of hydrogen-bond donors (Lipinski definition) is 1. The smallest absolute Gasteiger partial charge is 0.282 e. The van der Waals surface area contributed by atoms with E-state index in [0.29, 0.717) is 13.1 Å². The van der Waals surface area contributed by atoms with Crippen LogP contribution >= 0.6 is 11.8 Å². The molecule has 0 amide bonds. The number of thioether (sulfide) groups is 1. The molecule has 0 aliphatic carbocycles. The van der Waals surface area contributed by atoms with Crippen molar-refractivity contribution in [3.8, 4) is 0 Å². The van der Waals surface area contributed by atoms with Crippen molar-refractivity contribution in [2.24, 2.45) is 0 Å². The van der Waals surface area contributed by atoms with Gasteiger partial charge in [-0.1, -0.05) is 0 Å². The zero-order valence-electron chi connectivity index (χ0n) is 10.3. The second kappa shape index (κ2) is 5.88. The van der Waals surface area contributed by atoms with Crippen molar-refractivity contribution in [1.29, 1.82) is 0 Å². The fourth-order valence-corrected chi connectivity index (χ4v) is 5.20. The third kappa shape index (κ3) is 3.14. The van der Waals surface area contributed by atoms with Crippen molar-refractivity contribution in [2.45, 2.75) is 18.9 Å². The second-order valence-electron chi connectivity index (χ2n) is 4.54. The molecule has 0 aromatic rings. The SMILES string of the molecule is CN(C1CCSC1)S(=O)(=O)N1CCCNCC1. The van der Waals surface area contributed by atoms with Crippen molar-refractivity contribution >= 4 is 22.0 Å². The molecule has 0 saturated carbocycles. The third-order valence-corrected chi connectivity index (χ3v) is 6.60. The maximum absolute atomic E-state index is 12.4. The largest absolute Gasteiger partial charge is 0.315 e. The van der Waals surface area contributed by atoms with Crippen molar-refractivity contribution in [3.63, 3.8) is 0 Å². The van der Waals surface area contributed by atoms with E-state index in [1.807, 2.05) is 11.8 Å². The molecule has 0 spiro atoms. The summed E-state index contributed by atoms with van der Waals surface area (Å²) in [4.78, 5) is 0. The molecule has 2 aliphatic rings. The van der Waals surface area contributed by atoms with Gasteiger partial charge < -0.3 is 5.32 Å². The van der Waals surface area contributed by atoms with Crippen LogP contribution in [0.15, 0.2) is 0 Å². The molecule has 5 nitrogen and oxygen atoms in total. The van der Waals surface area contributed by atoms with Gasteiger partial charge in [0.1, 0.15) is 0 Å². The van der Waals surface area contributed by atoms with Crippen molar-refractivity contribution in [3.05, 3.63) is 0 Å². The molecule has 17 heavy (non-hydrogen) atoms. The van der Waals surface area contributed by atoms with Crippen LogP contribution in [0.4, 0.5) is 0 Å². The average Bonchev–Trinajstić information content (AvgIpc) is 2.69. The van der Waals surface area contributed by atoms with Crippen LogP contribution in [0.5, 0.6) is 0 Å². The van der Waals surface area contributed by atoms with Gasteiger partial charge in [0.2, 0.25) is 0 Å². The van der Waals surface area contributed by atoms with Crippen LogP contribution in [0.1, 0.15) is 12.8 Å². The monoisotopic (exact) mass is 279 g/mol. The van der Waals surface area contributed by atoms with Gasteiger partial charge in [0.25, 0.3) is 10.2 Å². The Bertz CT molecular complexity index is 325. The summed E-state index contributed by atoms with van der Waals surface area (Å²) in [6, 6.07) is 0.182. The van der Waals surface area contributed by atoms with E-state index in [1.54, 1.807) is 15.7 Å². The topological polar surface area (TPSA) is 52.7 Å². The number of nitrogens with one attached hydrogen (secondary N) is 1. The Labute approximate surface area is 108 Å². The van der Waals surface area contributed by atoms with Gasteiger partial charge in [-0.05, 0) is 25.1 Å². The van der Waals surface area contributed by atoms with E-state index in [4.69, 9.17) is 0 Å². The molecule has 0 aromatic heterocycles. The summed E-state index contributed by atoms with van der Waals surface area (Å²) < 4.78 is 28.1. The highest BCUT2D eigenvalue weighted by atomic mass is 32.2. The minimum Gasteiger partial charge on any atom is -0.315 e. The van der Waals surface area contributed by atoms with E-state index in [-0.39, 0.29) is 6.04 Å². The Kier molecular flexibility index (Phi) is 4.71. The van der Waals surface area contributed by atoms with Gasteiger partial charge in [0.05, 0.1) is 0 Å². The highest BCUT2D eigenvalue weighted by Gasteiger charge is 2.33. The van der Waals surface area contributed by atoms with E-state index in [0.717, 1.165) is 37.4 Å². The Morgan fingerprint density at radius 2 is 2.18 bits per heavy atom. The molecule has 0 aromatic carbocycles. The first kappa shape index (κ1) is 13.6. The number of rotatable bonds is 3. The molecule has 2 aliphatic heterocycles. The Morgan fingerprint density at radius 3 is 2.88 bits per heavy atom. The molecular formula is C10H21N3O2S2. The van der Waals surface area contributed by atoms with E-state index >= 15 is 0 Å². The molecule has 2 saturated heterocycles. The summed E-state index contributed by atoms with van der Waals surface area (Å²) in [6.45, 7) is 2.90. The molecule has 1 atom stereocenters. The maximum Gasteiger partial charge on any atom is 0.282 e. The summed E-state index contributed by atoms with van der Waals surface area (Å²) in [5, 5.41) is 3.23. The van der Waals surface area contributed by atoms with Crippen LogP contribution in [-0.4, -0.2) is 67.8 Å². The molecule has 100 valence electrons. The van der Waals surface area contributed by atoms with Crippen LogP contribution in [0.25, 0.3) is 0 Å². The van der Waals surface area contributed by atoms with Crippen molar-refractivity contribution < 1.29 is 8.42 Å². The van der Waals surface area contributed by atoms with Gasteiger partial charge in [0, 0.05) is 38.5 Å². The first-order chi connectivity index (χ1) is 8.12. The Balaban J connectivity index is 2.05. The summed E-state index contributed by atoms with van der Waals surface area (Å²) in [5.74, 6) is 2.01. The molecule has 2 heterocycles. The summed E-state index contributed by atoms with van der Waals surface area (Å²) in [6.07, 6.45) is 1.87. The fraction of sp³-hybridized carbons (Fsp3) is 1.00. The number of hydrogen-bond acceptors (Lipinski definition) is 4. The van der Waals surface area contributed by atoms with E-state index in [2.05, 4.69) is 5.32 Å². The highest BCUT2D eigenvalue weighted by molar-refractivity contribution is 7.99. The van der Waals surface area contributed by atoms with Gasteiger partial charge in [-0.25, -0.2) is 0 Å². The molecule has 2 rings (SSSR count). The van der Waals surface area contributed by atoms with E-state index in [1.165, 1.54) is 0 Å². The van der Waals surface area contributed by atoms with Gasteiger partial charge in [-0.2, -0.15) is 28.8 Å². The number of nitrogens with zero attached hydrogens (tertiary/aromatic N) is 2. The first-order valence-electron chi connectivity index (χ1n) is 6.14. The Morgan fingerprint density at radius 1 is 1.35 bits per heavy atom. The van der Waals surface area contributed by atoms with Gasteiger partial charge in [-0.15, -0.1) is 0 Å². The first-order valence-corrected chi connectivity index (χ1v) is 8.69. The quantitative estimate of drug-likeness (QED) is 0.788. The van der Waals surface area contributed by atoms with Gasteiger partial charge >= 0.3 is 0 Å². The molecular weight excluding hydrogens is 258 g/mol. The molecule has 1 N–H and O–H groups in total. The summed E-state index contributed by atoms with van der Waals surface area (Å²) >= 11 is 1.84. The molecule has 0 bridgehead atoms. The van der Waals surface area contributed by atoms with Crippen LogP contribution in [0, 0.1) is 0 Å². The highest BCUT2D eigenvalue weighted by Crippen LogP contribution is 2.24. The lowest BCUT2D eigenvalue weighted by Gasteiger charge is -2.29. The molecule has 2 fully saturated rings. The minimum absolute atomic E-state index is 0.182. The fourth-order valence-electron chi connectivity index (χ4n) is 2.23. The minimum atomic E-state index is -3.26. The van der Waals surface area contributed by atoms with E-state index in [9.17, 15) is 8.42 Å². The van der Waals surface area contributed by atoms with Crippen LogP contribution < -0.4 is 5.32 Å². The predicted octanol–water partition coefficient (Wildman–Crippen LogP) is -0.0362. The maximum atomic E-state index is 12.4. The molecule has 7 heteroatoms. The van der Waals surface area contributed by atoms with Crippen LogP contribution in [0.3, 0.4) is 0 Å². The standard InChI is InChI=1S/C10H21N3O2S2/c1-12(10-3-8-16-9-10)17(14,15)13-6-2-4-11-5-7-13/h10-11H,2-9H2,1H3. The summed E-state index contributed by atoms with van der Waals surface area (Å²) in [7, 11) is -1.53. The van der Waals surface area contributed by atoms with Gasteiger partial charge in [0.15, 0.2) is 0 Å². The molecule has 1 unspecified atom stereocenters. The Hall–Kier alpha value is 0.180. The lowest BCUT2D eigenvalue weighted by atomic mass is 10.3. The van der Waals surface area contributed by atoms with Crippen LogP contribution in [0.2, 0.25) is 0 Å². The molecule has 0 radical (unpaired) electrons. The van der Waals surface area contributed by atoms with Crippen LogP contribution in [-0.2, 0) is 10.2 Å². The van der Waals surface area contributed by atoms with Gasteiger partial charge in [-0.3, -0.25) is 0 Å². The normalized spacial score (nSPS) is 28.5. The lowest BCUT2D eigenvalue weighted by molar-refractivity contribution is 0.334. The van der Waals surface area contributed by atoms with Crippen molar-refractivity contribution in [1.82, 2.24) is 13.9 Å². The lowest BCUT2D eigenvalue weighted by Crippen LogP contribution is -2.47.